The van der Waals surface area contributed by atoms with Crippen LogP contribution in [0.15, 0.2) is 60.7 Å². The average Bonchev–Trinajstić information content (AvgIpc) is 2.85. The molecule has 0 aliphatic carbocycles. The second kappa shape index (κ2) is 13.1. The zero-order valence-corrected chi connectivity index (χ0v) is 21.5. The van der Waals surface area contributed by atoms with Gasteiger partial charge in [0.15, 0.2) is 0 Å². The van der Waals surface area contributed by atoms with E-state index in [1.54, 1.807) is 12.1 Å². The van der Waals surface area contributed by atoms with Gasteiger partial charge >= 0.3 is 12.2 Å². The van der Waals surface area contributed by atoms with Crippen molar-refractivity contribution in [1.82, 2.24) is 0 Å². The van der Waals surface area contributed by atoms with Crippen LogP contribution in [0.3, 0.4) is 0 Å². The molecule has 3 rings (SSSR count). The van der Waals surface area contributed by atoms with Gasteiger partial charge in [-0.05, 0) is 85.3 Å². The molecule has 0 saturated carbocycles. The molecule has 0 atom stereocenters. The Morgan fingerprint density at radius 3 is 1.53 bits per heavy atom. The highest BCUT2D eigenvalue weighted by Crippen LogP contribution is 2.37. The highest BCUT2D eigenvalue weighted by molar-refractivity contribution is 5.34. The summed E-state index contributed by atoms with van der Waals surface area (Å²) >= 11 is 0. The Morgan fingerprint density at radius 2 is 1.03 bits per heavy atom. The van der Waals surface area contributed by atoms with Crippen LogP contribution in [0.4, 0.5) is 26.3 Å². The third-order valence-electron chi connectivity index (χ3n) is 6.14. The van der Waals surface area contributed by atoms with Crippen molar-refractivity contribution in [2.75, 3.05) is 0 Å². The standard InChI is InChI=1S/C30H32F6O2/c1-3-5-7-9-21-11-15-24(16-12-21)37-29(33,34)23-13-17-25(18-14-23)38-30(35,36)28-26(31)19-22(20-27(28)32)10-8-6-4-2/h11-20H,3-10H2,1-2H3. The molecule has 3 aromatic carbocycles. The van der Waals surface area contributed by atoms with Gasteiger partial charge < -0.3 is 9.47 Å². The largest absolute Gasteiger partial charge is 0.432 e. The molecule has 206 valence electrons. The summed E-state index contributed by atoms with van der Waals surface area (Å²) in [5.74, 6) is -3.47. The Balaban J connectivity index is 1.67. The highest BCUT2D eigenvalue weighted by atomic mass is 19.3. The van der Waals surface area contributed by atoms with Crippen molar-refractivity contribution in [3.8, 4) is 11.5 Å². The van der Waals surface area contributed by atoms with Gasteiger partial charge in [-0.3, -0.25) is 0 Å². The zero-order chi connectivity index (χ0) is 27.8. The van der Waals surface area contributed by atoms with Crippen LogP contribution in [-0.2, 0) is 25.1 Å². The molecule has 0 bridgehead atoms. The summed E-state index contributed by atoms with van der Waals surface area (Å²) in [7, 11) is 0. The van der Waals surface area contributed by atoms with E-state index in [0.29, 0.717) is 12.8 Å². The first kappa shape index (κ1) is 29.4. The SMILES string of the molecule is CCCCCc1ccc(OC(F)(F)c2ccc(OC(F)(F)c3c(F)cc(CCCCC)cc3F)cc2)cc1. The minimum atomic E-state index is -4.37. The maximum Gasteiger partial charge on any atom is 0.432 e. The third-order valence-corrected chi connectivity index (χ3v) is 6.14. The fraction of sp³-hybridized carbons (Fsp3) is 0.400. The van der Waals surface area contributed by atoms with Crippen molar-refractivity contribution in [1.29, 1.82) is 0 Å². The van der Waals surface area contributed by atoms with E-state index in [-0.39, 0.29) is 11.3 Å². The number of halogens is 6. The van der Waals surface area contributed by atoms with Gasteiger partial charge in [-0.2, -0.15) is 17.6 Å². The molecule has 0 amide bonds. The number of unbranched alkanes of at least 4 members (excludes halogenated alkanes) is 4. The third kappa shape index (κ3) is 7.92. The first-order valence-electron chi connectivity index (χ1n) is 12.9. The number of rotatable bonds is 14. The Bertz CT molecular complexity index is 1140. The van der Waals surface area contributed by atoms with E-state index in [1.165, 1.54) is 12.1 Å². The number of alkyl halides is 4. The van der Waals surface area contributed by atoms with Gasteiger partial charge in [0.25, 0.3) is 0 Å². The second-order valence-electron chi connectivity index (χ2n) is 9.25. The average molecular weight is 539 g/mol. The fourth-order valence-electron chi connectivity index (χ4n) is 4.05. The van der Waals surface area contributed by atoms with Gasteiger partial charge in [-0.15, -0.1) is 0 Å². The Kier molecular flexibility index (Phi) is 10.1. The first-order valence-corrected chi connectivity index (χ1v) is 12.9. The van der Waals surface area contributed by atoms with Crippen molar-refractivity contribution in [2.45, 2.75) is 77.4 Å². The van der Waals surface area contributed by atoms with Crippen LogP contribution in [0.25, 0.3) is 0 Å². The van der Waals surface area contributed by atoms with Gasteiger partial charge in [0.1, 0.15) is 28.7 Å². The summed E-state index contributed by atoms with van der Waals surface area (Å²) in [4.78, 5) is 0. The molecule has 0 radical (unpaired) electrons. The lowest BCUT2D eigenvalue weighted by atomic mass is 10.0. The highest BCUT2D eigenvalue weighted by Gasteiger charge is 2.41. The monoisotopic (exact) mass is 538 g/mol. The van der Waals surface area contributed by atoms with Crippen LogP contribution in [0.2, 0.25) is 0 Å². The van der Waals surface area contributed by atoms with E-state index >= 15 is 0 Å². The van der Waals surface area contributed by atoms with Gasteiger partial charge in [-0.25, -0.2) is 8.78 Å². The first-order chi connectivity index (χ1) is 18.1. The van der Waals surface area contributed by atoms with Crippen LogP contribution in [0.1, 0.15) is 74.6 Å². The van der Waals surface area contributed by atoms with E-state index in [0.717, 1.165) is 80.5 Å². The molecular formula is C30H32F6O2. The van der Waals surface area contributed by atoms with Crippen molar-refractivity contribution < 1.29 is 35.8 Å². The smallest absolute Gasteiger partial charge is 0.429 e. The molecule has 0 aliphatic heterocycles. The zero-order valence-electron chi connectivity index (χ0n) is 21.5. The number of aryl methyl sites for hydroxylation is 2. The van der Waals surface area contributed by atoms with Crippen molar-refractivity contribution >= 4 is 0 Å². The second-order valence-corrected chi connectivity index (χ2v) is 9.25. The molecule has 8 heteroatoms. The van der Waals surface area contributed by atoms with Crippen LogP contribution in [-0.4, -0.2) is 0 Å². The Hall–Kier alpha value is -3.16. The van der Waals surface area contributed by atoms with E-state index in [9.17, 15) is 26.3 Å². The van der Waals surface area contributed by atoms with E-state index < -0.39 is 40.7 Å². The molecule has 0 unspecified atom stereocenters. The Labute approximate surface area is 219 Å². The van der Waals surface area contributed by atoms with Crippen molar-refractivity contribution in [3.63, 3.8) is 0 Å². The quantitative estimate of drug-likeness (QED) is 0.150. The van der Waals surface area contributed by atoms with Crippen molar-refractivity contribution in [3.05, 3.63) is 94.6 Å². The van der Waals surface area contributed by atoms with Gasteiger partial charge in [0, 0.05) is 0 Å². The molecule has 0 spiro atoms. The fourth-order valence-corrected chi connectivity index (χ4v) is 4.05. The van der Waals surface area contributed by atoms with E-state index in [2.05, 4.69) is 11.7 Å². The van der Waals surface area contributed by atoms with Gasteiger partial charge in [0.2, 0.25) is 0 Å². The molecule has 0 fully saturated rings. The minimum Gasteiger partial charge on any atom is -0.429 e. The summed E-state index contributed by atoms with van der Waals surface area (Å²) in [5.41, 5.74) is -0.858. The number of benzene rings is 3. The normalized spacial score (nSPS) is 12.0. The van der Waals surface area contributed by atoms with Gasteiger partial charge in [-0.1, -0.05) is 51.7 Å². The molecule has 0 heterocycles. The van der Waals surface area contributed by atoms with E-state index in [4.69, 9.17) is 4.74 Å². The lowest BCUT2D eigenvalue weighted by Crippen LogP contribution is -2.25. The van der Waals surface area contributed by atoms with Crippen LogP contribution in [0, 0.1) is 11.6 Å². The molecule has 0 N–H and O–H groups in total. The van der Waals surface area contributed by atoms with Crippen LogP contribution in [0.5, 0.6) is 11.5 Å². The summed E-state index contributed by atoms with van der Waals surface area (Å²) in [6.45, 7) is 4.06. The lowest BCUT2D eigenvalue weighted by molar-refractivity contribution is -0.190. The summed E-state index contributed by atoms with van der Waals surface area (Å²) in [6.07, 6.45) is -1.34. The molecule has 0 saturated heterocycles. The van der Waals surface area contributed by atoms with Crippen molar-refractivity contribution in [2.24, 2.45) is 0 Å². The minimum absolute atomic E-state index is 0.0507. The molecule has 38 heavy (non-hydrogen) atoms. The van der Waals surface area contributed by atoms with Crippen LogP contribution < -0.4 is 9.47 Å². The summed E-state index contributed by atoms with van der Waals surface area (Å²) < 4.78 is 96.9. The topological polar surface area (TPSA) is 18.5 Å². The predicted octanol–water partition coefficient (Wildman–Crippen LogP) is 9.69. The molecular weight excluding hydrogens is 506 g/mol. The maximum absolute atomic E-state index is 14.7. The number of ether oxygens (including phenoxy) is 2. The molecule has 3 aromatic rings. The molecule has 0 aromatic heterocycles. The van der Waals surface area contributed by atoms with Gasteiger partial charge in [0.05, 0.1) is 5.56 Å². The molecule has 0 aliphatic rings. The van der Waals surface area contributed by atoms with Crippen LogP contribution >= 0.6 is 0 Å². The number of hydrogen-bond acceptors (Lipinski definition) is 2. The lowest BCUT2D eigenvalue weighted by Gasteiger charge is -2.21. The molecule has 2 nitrogen and oxygen atoms in total. The number of hydrogen-bond donors (Lipinski definition) is 0. The van der Waals surface area contributed by atoms with E-state index in [1.807, 2.05) is 6.92 Å². The summed E-state index contributed by atoms with van der Waals surface area (Å²) in [5, 5.41) is 0. The Morgan fingerprint density at radius 1 is 0.579 bits per heavy atom. The maximum atomic E-state index is 14.7. The predicted molar refractivity (Wildman–Crippen MR) is 135 cm³/mol. The summed E-state index contributed by atoms with van der Waals surface area (Å²) in [6, 6.07) is 11.5.